The Morgan fingerprint density at radius 3 is 2.48 bits per heavy atom. The van der Waals surface area contributed by atoms with Crippen LogP contribution in [0.3, 0.4) is 0 Å². The van der Waals surface area contributed by atoms with E-state index in [0.29, 0.717) is 27.2 Å². The number of aromatic nitrogens is 1. The summed E-state index contributed by atoms with van der Waals surface area (Å²) in [7, 11) is 1.51. The van der Waals surface area contributed by atoms with Crippen molar-refractivity contribution < 1.29 is 14.6 Å². The number of carbonyl (C=O) groups is 1. The molecule has 0 aliphatic carbocycles. The second-order valence-electron chi connectivity index (χ2n) is 4.70. The first-order chi connectivity index (χ1) is 11.1. The molecule has 0 aliphatic rings. The van der Waals surface area contributed by atoms with Crippen LogP contribution < -0.4 is 9.64 Å². The van der Waals surface area contributed by atoms with Crippen LogP contribution in [0.5, 0.6) is 5.88 Å². The summed E-state index contributed by atoms with van der Waals surface area (Å²) in [4.78, 5) is 18.1. The minimum Gasteiger partial charge on any atom is -0.481 e. The quantitative estimate of drug-likeness (QED) is 0.866. The van der Waals surface area contributed by atoms with Crippen molar-refractivity contribution in [3.8, 4) is 5.88 Å². The van der Waals surface area contributed by atoms with E-state index in [0.717, 1.165) is 0 Å². The van der Waals surface area contributed by atoms with Gasteiger partial charge in [-0.2, -0.15) is 0 Å². The van der Waals surface area contributed by atoms with Crippen molar-refractivity contribution in [1.82, 2.24) is 4.98 Å². The molecule has 122 valence electrons. The first-order valence-corrected chi connectivity index (χ1v) is 7.66. The molecule has 1 N–H and O–H groups in total. The van der Waals surface area contributed by atoms with E-state index in [9.17, 15) is 9.90 Å². The van der Waals surface area contributed by atoms with Crippen LogP contribution in [0.4, 0.5) is 5.69 Å². The molecule has 7 heteroatoms. The maximum Gasteiger partial charge on any atom is 0.231 e. The molecule has 1 heterocycles. The van der Waals surface area contributed by atoms with Crippen LogP contribution in [0.2, 0.25) is 10.0 Å². The highest BCUT2D eigenvalue weighted by atomic mass is 35.5. The smallest absolute Gasteiger partial charge is 0.231 e. The van der Waals surface area contributed by atoms with Crippen molar-refractivity contribution in [3.63, 3.8) is 0 Å². The molecule has 0 unspecified atom stereocenters. The van der Waals surface area contributed by atoms with Gasteiger partial charge in [-0.25, -0.2) is 4.98 Å². The number of aliphatic hydroxyl groups excluding tert-OH is 1. The van der Waals surface area contributed by atoms with Crippen molar-refractivity contribution >= 4 is 34.8 Å². The van der Waals surface area contributed by atoms with Gasteiger partial charge in [-0.05, 0) is 23.8 Å². The van der Waals surface area contributed by atoms with Gasteiger partial charge in [-0.1, -0.05) is 29.3 Å². The van der Waals surface area contributed by atoms with Crippen molar-refractivity contribution in [2.75, 3.05) is 25.2 Å². The average Bonchev–Trinajstić information content (AvgIpc) is 2.56. The van der Waals surface area contributed by atoms with E-state index < -0.39 is 0 Å². The van der Waals surface area contributed by atoms with Gasteiger partial charge in [-0.15, -0.1) is 0 Å². The van der Waals surface area contributed by atoms with E-state index in [2.05, 4.69) is 4.98 Å². The third kappa shape index (κ3) is 4.34. The number of amides is 1. The second kappa shape index (κ2) is 8.15. The first-order valence-electron chi connectivity index (χ1n) is 6.91. The topological polar surface area (TPSA) is 62.7 Å². The van der Waals surface area contributed by atoms with Crippen molar-refractivity contribution in [2.24, 2.45) is 0 Å². The van der Waals surface area contributed by atoms with Gasteiger partial charge < -0.3 is 14.7 Å². The van der Waals surface area contributed by atoms with Crippen LogP contribution in [-0.4, -0.2) is 36.3 Å². The lowest BCUT2D eigenvalue weighted by atomic mass is 10.1. The van der Waals surface area contributed by atoms with Gasteiger partial charge in [0.25, 0.3) is 0 Å². The summed E-state index contributed by atoms with van der Waals surface area (Å²) in [6.45, 7) is -0.0249. The highest BCUT2D eigenvalue weighted by Gasteiger charge is 2.19. The average molecular weight is 355 g/mol. The summed E-state index contributed by atoms with van der Waals surface area (Å²) < 4.78 is 5.00. The predicted octanol–water partition coefficient (Wildman–Crippen LogP) is 2.97. The van der Waals surface area contributed by atoms with Crippen LogP contribution in [0.15, 0.2) is 36.5 Å². The molecule has 0 saturated carbocycles. The lowest BCUT2D eigenvalue weighted by Gasteiger charge is -2.22. The second-order valence-corrected chi connectivity index (χ2v) is 5.52. The van der Waals surface area contributed by atoms with Crippen molar-refractivity contribution in [1.29, 1.82) is 0 Å². The van der Waals surface area contributed by atoms with Crippen molar-refractivity contribution in [2.45, 2.75) is 6.42 Å². The largest absolute Gasteiger partial charge is 0.481 e. The van der Waals surface area contributed by atoms with E-state index in [1.165, 1.54) is 18.2 Å². The highest BCUT2D eigenvalue weighted by molar-refractivity contribution is 6.36. The van der Waals surface area contributed by atoms with Gasteiger partial charge in [-0.3, -0.25) is 4.79 Å². The normalized spacial score (nSPS) is 10.4. The molecular formula is C16H16Cl2N2O3. The summed E-state index contributed by atoms with van der Waals surface area (Å²) in [5.41, 5.74) is 1.12. The Bertz CT molecular complexity index is 657. The fourth-order valence-electron chi connectivity index (χ4n) is 2.10. The van der Waals surface area contributed by atoms with Gasteiger partial charge in [0.2, 0.25) is 11.8 Å². The zero-order valence-corrected chi connectivity index (χ0v) is 14.0. The molecule has 23 heavy (non-hydrogen) atoms. The monoisotopic (exact) mass is 354 g/mol. The van der Waals surface area contributed by atoms with Crippen LogP contribution in [-0.2, 0) is 11.2 Å². The fraction of sp³-hybridized carbons (Fsp3) is 0.250. The lowest BCUT2D eigenvalue weighted by Crippen LogP contribution is -2.35. The number of aliphatic hydroxyl groups is 1. The van der Waals surface area contributed by atoms with E-state index in [1.807, 2.05) is 0 Å². The zero-order chi connectivity index (χ0) is 16.8. The maximum atomic E-state index is 12.6. The molecule has 0 spiro atoms. The van der Waals surface area contributed by atoms with Crippen LogP contribution >= 0.6 is 23.2 Å². The summed E-state index contributed by atoms with van der Waals surface area (Å²) in [5, 5.41) is 10.1. The Kier molecular flexibility index (Phi) is 6.21. The summed E-state index contributed by atoms with van der Waals surface area (Å²) >= 11 is 12.2. The van der Waals surface area contributed by atoms with Gasteiger partial charge in [0.1, 0.15) is 0 Å². The summed E-state index contributed by atoms with van der Waals surface area (Å²) in [6, 6.07) is 8.43. The van der Waals surface area contributed by atoms with Gasteiger partial charge in [0, 0.05) is 22.7 Å². The number of halogens is 2. The number of pyridine rings is 1. The number of rotatable bonds is 6. The molecule has 0 atom stereocenters. The third-order valence-electron chi connectivity index (χ3n) is 3.26. The number of anilines is 1. The standard InChI is InChI=1S/C16H16Cl2N2O3/c1-23-15-6-5-11(10-19-15)20(7-8-21)16(22)9-12-13(17)3-2-4-14(12)18/h2-6,10,21H,7-9H2,1H3. The zero-order valence-electron chi connectivity index (χ0n) is 12.5. The Morgan fingerprint density at radius 1 is 1.26 bits per heavy atom. The number of methoxy groups -OCH3 is 1. The minimum absolute atomic E-state index is 0.0323. The van der Waals surface area contributed by atoms with Crippen LogP contribution in [0.1, 0.15) is 5.56 Å². The molecule has 1 aromatic heterocycles. The number of carbonyl (C=O) groups excluding carboxylic acids is 1. The molecule has 0 bridgehead atoms. The van der Waals surface area contributed by atoms with Crippen molar-refractivity contribution in [3.05, 3.63) is 52.1 Å². The molecule has 0 saturated heterocycles. The molecule has 5 nitrogen and oxygen atoms in total. The number of hydrogen-bond donors (Lipinski definition) is 1. The van der Waals surface area contributed by atoms with E-state index >= 15 is 0 Å². The SMILES string of the molecule is COc1ccc(N(CCO)C(=O)Cc2c(Cl)cccc2Cl)cn1. The minimum atomic E-state index is -0.235. The number of benzene rings is 1. The van der Waals surface area contributed by atoms with Crippen LogP contribution in [0, 0.1) is 0 Å². The molecule has 1 aromatic carbocycles. The van der Waals surface area contributed by atoms with Crippen LogP contribution in [0.25, 0.3) is 0 Å². The molecule has 0 fully saturated rings. The summed E-state index contributed by atoms with van der Waals surface area (Å²) in [6.07, 6.45) is 1.55. The maximum absolute atomic E-state index is 12.6. The highest BCUT2D eigenvalue weighted by Crippen LogP contribution is 2.26. The lowest BCUT2D eigenvalue weighted by molar-refractivity contribution is -0.118. The Balaban J connectivity index is 2.24. The molecule has 2 aromatic rings. The number of hydrogen-bond acceptors (Lipinski definition) is 4. The molecule has 2 rings (SSSR count). The first kappa shape index (κ1) is 17.5. The Morgan fingerprint density at radius 2 is 1.96 bits per heavy atom. The van der Waals surface area contributed by atoms with Gasteiger partial charge >= 0.3 is 0 Å². The van der Waals surface area contributed by atoms with E-state index in [-0.39, 0.29) is 25.5 Å². The third-order valence-corrected chi connectivity index (χ3v) is 3.96. The Labute approximate surface area is 144 Å². The molecular weight excluding hydrogens is 339 g/mol. The van der Waals surface area contributed by atoms with E-state index in [4.69, 9.17) is 27.9 Å². The number of nitrogens with zero attached hydrogens (tertiary/aromatic N) is 2. The van der Waals surface area contributed by atoms with Gasteiger partial charge in [0.05, 0.1) is 32.0 Å². The van der Waals surface area contributed by atoms with E-state index in [1.54, 1.807) is 30.3 Å². The molecule has 0 radical (unpaired) electrons. The predicted molar refractivity (Wildman–Crippen MR) is 90.4 cm³/mol. The fourth-order valence-corrected chi connectivity index (χ4v) is 2.63. The number of ether oxygens (including phenoxy) is 1. The Hall–Kier alpha value is -1.82. The summed E-state index contributed by atoms with van der Waals surface area (Å²) in [5.74, 6) is 0.209. The van der Waals surface area contributed by atoms with Gasteiger partial charge in [0.15, 0.2) is 0 Å². The molecule has 0 aliphatic heterocycles. The molecule has 1 amide bonds.